The highest BCUT2D eigenvalue weighted by molar-refractivity contribution is 5.92. The van der Waals surface area contributed by atoms with E-state index in [0.717, 1.165) is 42.2 Å². The lowest BCUT2D eigenvalue weighted by Crippen LogP contribution is -2.30. The van der Waals surface area contributed by atoms with Crippen LogP contribution in [0.4, 0.5) is 5.69 Å². The van der Waals surface area contributed by atoms with Gasteiger partial charge in [-0.05, 0) is 30.3 Å². The average molecular weight is 316 g/mol. The van der Waals surface area contributed by atoms with Gasteiger partial charge in [-0.15, -0.1) is 0 Å². The van der Waals surface area contributed by atoms with E-state index in [1.54, 1.807) is 6.20 Å². The maximum absolute atomic E-state index is 5.94. The van der Waals surface area contributed by atoms with Gasteiger partial charge >= 0.3 is 0 Å². The van der Waals surface area contributed by atoms with Crippen LogP contribution in [0.2, 0.25) is 0 Å². The standard InChI is InChI=1S/C19H16N4O/c1-2-9-20-15(4-1)19-22-16-12-23(11-8-18(16)24-19)17-6-3-5-14-13(17)7-10-21-14/h1-7,9-10,21H,8,11-12H2. The molecule has 5 heteroatoms. The van der Waals surface area contributed by atoms with Crippen molar-refractivity contribution in [1.82, 2.24) is 15.0 Å². The summed E-state index contributed by atoms with van der Waals surface area (Å²) in [7, 11) is 0. The van der Waals surface area contributed by atoms with Crippen LogP contribution in [-0.2, 0) is 13.0 Å². The van der Waals surface area contributed by atoms with Gasteiger partial charge in [-0.3, -0.25) is 4.98 Å². The number of oxazole rings is 1. The fourth-order valence-electron chi connectivity index (χ4n) is 3.35. The quantitative estimate of drug-likeness (QED) is 0.611. The van der Waals surface area contributed by atoms with Crippen molar-refractivity contribution in [2.75, 3.05) is 11.4 Å². The number of aromatic nitrogens is 3. The number of aromatic amines is 1. The van der Waals surface area contributed by atoms with Crippen LogP contribution in [0, 0.1) is 0 Å². The third-order valence-corrected chi connectivity index (χ3v) is 4.52. The smallest absolute Gasteiger partial charge is 0.245 e. The molecule has 3 aromatic heterocycles. The topological polar surface area (TPSA) is 58.0 Å². The maximum atomic E-state index is 5.94. The molecule has 0 bridgehead atoms. The van der Waals surface area contributed by atoms with E-state index in [1.807, 2.05) is 24.4 Å². The monoisotopic (exact) mass is 316 g/mol. The summed E-state index contributed by atoms with van der Waals surface area (Å²) < 4.78 is 5.94. The van der Waals surface area contributed by atoms with E-state index in [0.29, 0.717) is 5.89 Å². The predicted molar refractivity (Wildman–Crippen MR) is 92.8 cm³/mol. The molecule has 0 saturated carbocycles. The molecule has 5 nitrogen and oxygen atoms in total. The van der Waals surface area contributed by atoms with Crippen molar-refractivity contribution in [3.8, 4) is 11.6 Å². The van der Waals surface area contributed by atoms with Crippen LogP contribution in [0.1, 0.15) is 11.5 Å². The molecule has 0 atom stereocenters. The van der Waals surface area contributed by atoms with Crippen molar-refractivity contribution in [2.45, 2.75) is 13.0 Å². The van der Waals surface area contributed by atoms with Crippen molar-refractivity contribution in [1.29, 1.82) is 0 Å². The first-order valence-electron chi connectivity index (χ1n) is 8.09. The summed E-state index contributed by atoms with van der Waals surface area (Å²) in [5.41, 5.74) is 4.19. The zero-order valence-corrected chi connectivity index (χ0v) is 13.1. The van der Waals surface area contributed by atoms with Gasteiger partial charge in [0.05, 0.1) is 6.54 Å². The van der Waals surface area contributed by atoms with Gasteiger partial charge in [0.25, 0.3) is 0 Å². The molecule has 1 aliphatic heterocycles. The predicted octanol–water partition coefficient (Wildman–Crippen LogP) is 3.78. The Kier molecular flexibility index (Phi) is 2.91. The van der Waals surface area contributed by atoms with E-state index in [-0.39, 0.29) is 0 Å². The van der Waals surface area contributed by atoms with Crippen LogP contribution in [0.25, 0.3) is 22.5 Å². The molecule has 0 saturated heterocycles. The molecule has 0 spiro atoms. The molecule has 118 valence electrons. The Hall–Kier alpha value is -3.08. The lowest BCUT2D eigenvalue weighted by molar-refractivity contribution is 0.498. The molecule has 0 amide bonds. The van der Waals surface area contributed by atoms with Crippen molar-refractivity contribution in [2.24, 2.45) is 0 Å². The van der Waals surface area contributed by atoms with Gasteiger partial charge in [-0.25, -0.2) is 4.98 Å². The van der Waals surface area contributed by atoms with E-state index in [1.165, 1.54) is 11.1 Å². The fraction of sp³-hybridized carbons (Fsp3) is 0.158. The van der Waals surface area contributed by atoms with Gasteiger partial charge < -0.3 is 14.3 Å². The first-order chi connectivity index (χ1) is 11.9. The molecule has 1 N–H and O–H groups in total. The van der Waals surface area contributed by atoms with Crippen LogP contribution in [0.5, 0.6) is 0 Å². The summed E-state index contributed by atoms with van der Waals surface area (Å²) in [5.74, 6) is 1.59. The van der Waals surface area contributed by atoms with Gasteiger partial charge in [0.15, 0.2) is 0 Å². The van der Waals surface area contributed by atoms with Crippen molar-refractivity contribution < 1.29 is 4.42 Å². The molecular weight excluding hydrogens is 300 g/mol. The molecule has 4 heterocycles. The van der Waals surface area contributed by atoms with E-state index in [9.17, 15) is 0 Å². The number of hydrogen-bond acceptors (Lipinski definition) is 4. The normalized spacial score (nSPS) is 14.1. The van der Waals surface area contributed by atoms with Crippen molar-refractivity contribution >= 4 is 16.6 Å². The van der Waals surface area contributed by atoms with Crippen LogP contribution in [0.3, 0.4) is 0 Å². The van der Waals surface area contributed by atoms with E-state index >= 15 is 0 Å². The maximum Gasteiger partial charge on any atom is 0.245 e. The van der Waals surface area contributed by atoms with Gasteiger partial charge in [-0.1, -0.05) is 12.1 Å². The van der Waals surface area contributed by atoms with Gasteiger partial charge in [0, 0.05) is 41.9 Å². The van der Waals surface area contributed by atoms with Crippen molar-refractivity contribution in [3.05, 3.63) is 66.3 Å². The highest BCUT2D eigenvalue weighted by Crippen LogP contribution is 2.31. The summed E-state index contributed by atoms with van der Waals surface area (Å²) >= 11 is 0. The van der Waals surface area contributed by atoms with Gasteiger partial charge in [0.2, 0.25) is 5.89 Å². The summed E-state index contributed by atoms with van der Waals surface area (Å²) in [5, 5.41) is 1.24. The number of fused-ring (bicyclic) bond motifs is 2. The Bertz CT molecular complexity index is 1000. The zero-order valence-electron chi connectivity index (χ0n) is 13.1. The first kappa shape index (κ1) is 13.4. The third kappa shape index (κ3) is 2.09. The molecule has 5 rings (SSSR count). The molecule has 4 aromatic rings. The average Bonchev–Trinajstić information content (AvgIpc) is 3.28. The number of nitrogens with zero attached hydrogens (tertiary/aromatic N) is 3. The second kappa shape index (κ2) is 5.23. The zero-order chi connectivity index (χ0) is 15.9. The fourth-order valence-corrected chi connectivity index (χ4v) is 3.35. The van der Waals surface area contributed by atoms with Crippen LogP contribution < -0.4 is 4.90 Å². The first-order valence-corrected chi connectivity index (χ1v) is 8.09. The molecule has 0 unspecified atom stereocenters. The summed E-state index contributed by atoms with van der Waals surface area (Å²) in [4.78, 5) is 14.7. The number of hydrogen-bond donors (Lipinski definition) is 1. The lowest BCUT2D eigenvalue weighted by Gasteiger charge is -2.28. The number of anilines is 1. The molecule has 0 fully saturated rings. The Labute approximate surface area is 139 Å². The molecule has 1 aliphatic rings. The largest absolute Gasteiger partial charge is 0.439 e. The number of H-pyrrole nitrogens is 1. The van der Waals surface area contributed by atoms with Gasteiger partial charge in [0.1, 0.15) is 17.1 Å². The SMILES string of the molecule is c1ccc(-c2nc3c(o2)CCN(c2cccc4[nH]ccc24)C3)nc1. The minimum absolute atomic E-state index is 0.613. The summed E-state index contributed by atoms with van der Waals surface area (Å²) in [6.45, 7) is 1.68. The highest BCUT2D eigenvalue weighted by atomic mass is 16.4. The molecule has 0 aliphatic carbocycles. The van der Waals surface area contributed by atoms with Crippen LogP contribution in [-0.4, -0.2) is 21.5 Å². The molecule has 0 radical (unpaired) electrons. The van der Waals surface area contributed by atoms with Crippen LogP contribution >= 0.6 is 0 Å². The summed E-state index contributed by atoms with van der Waals surface area (Å²) in [6, 6.07) is 14.3. The lowest BCUT2D eigenvalue weighted by atomic mass is 10.1. The van der Waals surface area contributed by atoms with Gasteiger partial charge in [-0.2, -0.15) is 0 Å². The van der Waals surface area contributed by atoms with E-state index in [2.05, 4.69) is 44.1 Å². The van der Waals surface area contributed by atoms with E-state index in [4.69, 9.17) is 4.42 Å². The molecular formula is C19H16N4O. The Morgan fingerprint density at radius 2 is 2.08 bits per heavy atom. The number of pyridine rings is 1. The molecule has 1 aromatic carbocycles. The Morgan fingerprint density at radius 3 is 3.00 bits per heavy atom. The highest BCUT2D eigenvalue weighted by Gasteiger charge is 2.24. The molecule has 24 heavy (non-hydrogen) atoms. The second-order valence-electron chi connectivity index (χ2n) is 5.99. The Balaban J connectivity index is 1.50. The third-order valence-electron chi connectivity index (χ3n) is 4.52. The van der Waals surface area contributed by atoms with Crippen molar-refractivity contribution in [3.63, 3.8) is 0 Å². The number of benzene rings is 1. The summed E-state index contributed by atoms with van der Waals surface area (Å²) in [6.07, 6.45) is 4.60. The number of nitrogens with one attached hydrogen (secondary N) is 1. The minimum atomic E-state index is 0.613. The van der Waals surface area contributed by atoms with E-state index < -0.39 is 0 Å². The van der Waals surface area contributed by atoms with Crippen LogP contribution in [0.15, 0.2) is 59.3 Å². The minimum Gasteiger partial charge on any atom is -0.439 e. The Morgan fingerprint density at radius 1 is 1.08 bits per heavy atom. The second-order valence-corrected chi connectivity index (χ2v) is 5.99. The number of rotatable bonds is 2.